The number of para-hydroxylation sites is 1. The largest absolute Gasteiger partial charge is 0.497 e. The van der Waals surface area contributed by atoms with Crippen LogP contribution in [0.2, 0.25) is 0 Å². The van der Waals surface area contributed by atoms with Crippen LogP contribution in [0.4, 0.5) is 5.69 Å². The van der Waals surface area contributed by atoms with E-state index in [1.165, 1.54) is 0 Å². The Morgan fingerprint density at radius 1 is 1.17 bits per heavy atom. The number of carbonyl (C=O) groups excluding carboxylic acids is 1. The van der Waals surface area contributed by atoms with Crippen LogP contribution in [0.15, 0.2) is 57.9 Å². The molecule has 3 aromatic rings. The molecular weight excluding hydrogens is 292 g/mol. The monoisotopic (exact) mass is 308 g/mol. The molecule has 0 spiro atoms. The minimum atomic E-state index is -0.584. The molecule has 5 heteroatoms. The summed E-state index contributed by atoms with van der Waals surface area (Å²) in [6, 6.07) is 14.6. The van der Waals surface area contributed by atoms with Gasteiger partial charge in [0.05, 0.1) is 12.8 Å². The number of nitrogens with two attached hydrogens (primary N) is 1. The number of hydrogen-bond acceptors (Lipinski definition) is 4. The number of ether oxygens (including phenoxy) is 1. The van der Waals surface area contributed by atoms with E-state index in [4.69, 9.17) is 14.9 Å². The zero-order valence-electron chi connectivity index (χ0n) is 12.9. The van der Waals surface area contributed by atoms with Crippen molar-refractivity contribution in [3.63, 3.8) is 0 Å². The smallest absolute Gasteiger partial charge is 0.254 e. The van der Waals surface area contributed by atoms with Crippen molar-refractivity contribution in [2.24, 2.45) is 10.7 Å². The van der Waals surface area contributed by atoms with Gasteiger partial charge in [-0.25, -0.2) is 4.99 Å². The molecule has 0 bridgehead atoms. The number of carbonyl (C=O) groups is 1. The lowest BCUT2D eigenvalue weighted by atomic mass is 10.1. The molecule has 23 heavy (non-hydrogen) atoms. The highest BCUT2D eigenvalue weighted by molar-refractivity contribution is 5.95. The Bertz CT molecular complexity index is 958. The van der Waals surface area contributed by atoms with Crippen LogP contribution >= 0.6 is 0 Å². The number of aryl methyl sites for hydroxylation is 1. The SMILES string of the molecule is COc1ccc2cc(C(N)=O)c(=Nc3ccccc3C)oc2c1. The van der Waals surface area contributed by atoms with Gasteiger partial charge in [-0.15, -0.1) is 0 Å². The Morgan fingerprint density at radius 2 is 1.96 bits per heavy atom. The van der Waals surface area contributed by atoms with Crippen LogP contribution in [0.5, 0.6) is 5.75 Å². The van der Waals surface area contributed by atoms with Gasteiger partial charge in [0, 0.05) is 11.5 Å². The molecule has 116 valence electrons. The minimum Gasteiger partial charge on any atom is -0.497 e. The molecule has 3 rings (SSSR count). The summed E-state index contributed by atoms with van der Waals surface area (Å²) in [4.78, 5) is 16.2. The molecule has 0 unspecified atom stereocenters. The number of methoxy groups -OCH3 is 1. The van der Waals surface area contributed by atoms with Gasteiger partial charge in [0.1, 0.15) is 16.9 Å². The normalized spacial score (nSPS) is 11.7. The van der Waals surface area contributed by atoms with Gasteiger partial charge in [0.25, 0.3) is 5.91 Å². The van der Waals surface area contributed by atoms with Gasteiger partial charge in [-0.2, -0.15) is 0 Å². The first-order valence-corrected chi connectivity index (χ1v) is 7.10. The second-order valence-corrected chi connectivity index (χ2v) is 5.13. The molecule has 2 aromatic carbocycles. The molecule has 0 atom stereocenters. The summed E-state index contributed by atoms with van der Waals surface area (Å²) in [7, 11) is 1.58. The topological polar surface area (TPSA) is 77.8 Å². The fourth-order valence-corrected chi connectivity index (χ4v) is 2.28. The summed E-state index contributed by atoms with van der Waals surface area (Å²) < 4.78 is 11.0. The van der Waals surface area contributed by atoms with Gasteiger partial charge in [-0.1, -0.05) is 18.2 Å². The summed E-state index contributed by atoms with van der Waals surface area (Å²) in [6.45, 7) is 1.94. The van der Waals surface area contributed by atoms with Crippen LogP contribution in [0.1, 0.15) is 15.9 Å². The van der Waals surface area contributed by atoms with Crippen LogP contribution in [0.25, 0.3) is 11.0 Å². The Hall–Kier alpha value is -3.08. The van der Waals surface area contributed by atoms with E-state index in [1.54, 1.807) is 25.3 Å². The molecular formula is C18H16N2O3. The van der Waals surface area contributed by atoms with Crippen molar-refractivity contribution in [1.82, 2.24) is 0 Å². The van der Waals surface area contributed by atoms with Crippen molar-refractivity contribution >= 4 is 22.6 Å². The highest BCUT2D eigenvalue weighted by Gasteiger charge is 2.10. The lowest BCUT2D eigenvalue weighted by Gasteiger charge is -2.05. The van der Waals surface area contributed by atoms with E-state index < -0.39 is 5.91 Å². The second kappa shape index (κ2) is 5.96. The molecule has 1 aromatic heterocycles. The molecule has 0 aliphatic heterocycles. The minimum absolute atomic E-state index is 0.188. The van der Waals surface area contributed by atoms with Crippen LogP contribution in [0, 0.1) is 6.92 Å². The molecule has 0 aliphatic rings. The third-order valence-corrected chi connectivity index (χ3v) is 3.56. The number of primary amides is 1. The summed E-state index contributed by atoms with van der Waals surface area (Å²) in [5.41, 5.74) is 8.17. The zero-order chi connectivity index (χ0) is 16.4. The fraction of sp³-hybridized carbons (Fsp3) is 0.111. The summed E-state index contributed by atoms with van der Waals surface area (Å²) >= 11 is 0. The zero-order valence-corrected chi connectivity index (χ0v) is 12.9. The molecule has 0 aliphatic carbocycles. The third-order valence-electron chi connectivity index (χ3n) is 3.56. The van der Waals surface area contributed by atoms with Crippen LogP contribution < -0.4 is 16.0 Å². The van der Waals surface area contributed by atoms with E-state index in [-0.39, 0.29) is 11.1 Å². The summed E-state index contributed by atoms with van der Waals surface area (Å²) in [6.07, 6.45) is 0. The number of hydrogen-bond donors (Lipinski definition) is 1. The average Bonchev–Trinajstić information content (AvgIpc) is 2.55. The average molecular weight is 308 g/mol. The molecule has 0 fully saturated rings. The van der Waals surface area contributed by atoms with Gasteiger partial charge in [-0.3, -0.25) is 4.79 Å². The Balaban J connectivity index is 2.31. The fourth-order valence-electron chi connectivity index (χ4n) is 2.28. The first kappa shape index (κ1) is 14.8. The maximum atomic E-state index is 11.7. The van der Waals surface area contributed by atoms with Crippen LogP contribution in [0.3, 0.4) is 0 Å². The van der Waals surface area contributed by atoms with Crippen LogP contribution in [-0.4, -0.2) is 13.0 Å². The molecule has 1 heterocycles. The molecule has 2 N–H and O–H groups in total. The number of rotatable bonds is 3. The third kappa shape index (κ3) is 2.94. The van der Waals surface area contributed by atoms with Crippen molar-refractivity contribution < 1.29 is 13.9 Å². The van der Waals surface area contributed by atoms with E-state index in [0.29, 0.717) is 11.3 Å². The van der Waals surface area contributed by atoms with Crippen molar-refractivity contribution in [2.45, 2.75) is 6.92 Å². The molecule has 0 saturated heterocycles. The van der Waals surface area contributed by atoms with E-state index in [2.05, 4.69) is 4.99 Å². The lowest BCUT2D eigenvalue weighted by Crippen LogP contribution is -2.21. The molecule has 0 saturated carbocycles. The van der Waals surface area contributed by atoms with Crippen molar-refractivity contribution in [2.75, 3.05) is 7.11 Å². The van der Waals surface area contributed by atoms with Gasteiger partial charge in [0.15, 0.2) is 0 Å². The molecule has 5 nitrogen and oxygen atoms in total. The highest BCUT2D eigenvalue weighted by Crippen LogP contribution is 2.21. The second-order valence-electron chi connectivity index (χ2n) is 5.13. The van der Waals surface area contributed by atoms with Gasteiger partial charge in [-0.05, 0) is 36.8 Å². The number of benzene rings is 2. The van der Waals surface area contributed by atoms with E-state index >= 15 is 0 Å². The van der Waals surface area contributed by atoms with E-state index in [1.807, 2.05) is 37.3 Å². The first-order chi connectivity index (χ1) is 11.1. The molecule has 1 amide bonds. The van der Waals surface area contributed by atoms with E-state index in [9.17, 15) is 4.79 Å². The lowest BCUT2D eigenvalue weighted by molar-refractivity contribution is 0.0996. The van der Waals surface area contributed by atoms with Gasteiger partial charge < -0.3 is 14.9 Å². The van der Waals surface area contributed by atoms with E-state index in [0.717, 1.165) is 16.6 Å². The predicted octanol–water partition coefficient (Wildman–Crippen LogP) is 3.08. The maximum absolute atomic E-state index is 11.7. The van der Waals surface area contributed by atoms with Gasteiger partial charge in [0.2, 0.25) is 5.55 Å². The number of amides is 1. The summed E-state index contributed by atoms with van der Waals surface area (Å²) in [5.74, 6) is 0.0775. The predicted molar refractivity (Wildman–Crippen MR) is 87.7 cm³/mol. The summed E-state index contributed by atoms with van der Waals surface area (Å²) in [5, 5.41) is 0.753. The van der Waals surface area contributed by atoms with Crippen molar-refractivity contribution in [3.8, 4) is 5.75 Å². The quantitative estimate of drug-likeness (QED) is 0.807. The molecule has 0 radical (unpaired) electrons. The highest BCUT2D eigenvalue weighted by atomic mass is 16.5. The Labute approximate surface area is 133 Å². The Kier molecular flexibility index (Phi) is 3.85. The number of fused-ring (bicyclic) bond motifs is 1. The standard InChI is InChI=1S/C18H16N2O3/c1-11-5-3-4-6-15(11)20-18-14(17(19)21)9-12-7-8-13(22-2)10-16(12)23-18/h3-10H,1-2H3,(H2,19,21). The number of nitrogens with zero attached hydrogens (tertiary/aromatic N) is 1. The Morgan fingerprint density at radius 3 is 2.65 bits per heavy atom. The van der Waals surface area contributed by atoms with Crippen molar-refractivity contribution in [3.05, 3.63) is 65.2 Å². The van der Waals surface area contributed by atoms with Gasteiger partial charge >= 0.3 is 0 Å². The first-order valence-electron chi connectivity index (χ1n) is 7.10. The maximum Gasteiger partial charge on any atom is 0.254 e. The van der Waals surface area contributed by atoms with Crippen LogP contribution in [-0.2, 0) is 0 Å². The van der Waals surface area contributed by atoms with Crippen molar-refractivity contribution in [1.29, 1.82) is 0 Å².